The molecule has 0 heterocycles. The first kappa shape index (κ1) is 17.2. The van der Waals surface area contributed by atoms with Gasteiger partial charge >= 0.3 is 5.97 Å². The van der Waals surface area contributed by atoms with E-state index in [1.54, 1.807) is 13.8 Å². The fourth-order valence-electron chi connectivity index (χ4n) is 1.57. The van der Waals surface area contributed by atoms with Crippen molar-refractivity contribution < 1.29 is 18.3 Å². The highest BCUT2D eigenvalue weighted by Gasteiger charge is 2.30. The third kappa shape index (κ3) is 4.09. The van der Waals surface area contributed by atoms with E-state index in [1.165, 1.54) is 18.2 Å². The zero-order valence-electron chi connectivity index (χ0n) is 10.9. The second-order valence-corrected chi connectivity index (χ2v) is 6.92. The van der Waals surface area contributed by atoms with Crippen molar-refractivity contribution in [1.82, 2.24) is 4.72 Å². The molecule has 5 nitrogen and oxygen atoms in total. The Morgan fingerprint density at radius 1 is 1.40 bits per heavy atom. The van der Waals surface area contributed by atoms with Crippen LogP contribution < -0.4 is 4.72 Å². The molecule has 2 atom stereocenters. The number of halogens is 2. The Labute approximate surface area is 127 Å². The summed E-state index contributed by atoms with van der Waals surface area (Å²) in [4.78, 5) is 11.0. The number of carboxylic acids is 1. The number of carboxylic acid groups (broad SMARTS) is 1. The van der Waals surface area contributed by atoms with Crippen molar-refractivity contribution in [3.63, 3.8) is 0 Å². The molecule has 0 aliphatic heterocycles. The number of rotatable bonds is 6. The minimum absolute atomic E-state index is 0.0571. The molecule has 1 aromatic carbocycles. The summed E-state index contributed by atoms with van der Waals surface area (Å²) in [6.45, 7) is 3.44. The van der Waals surface area contributed by atoms with Gasteiger partial charge in [0.05, 0.1) is 5.02 Å². The van der Waals surface area contributed by atoms with Crippen molar-refractivity contribution in [3.8, 4) is 0 Å². The van der Waals surface area contributed by atoms with Crippen LogP contribution in [0.3, 0.4) is 0 Å². The van der Waals surface area contributed by atoms with E-state index in [2.05, 4.69) is 4.72 Å². The molecule has 1 rings (SSSR count). The number of aliphatic carboxylic acids is 1. The summed E-state index contributed by atoms with van der Waals surface area (Å²) in [6.07, 6.45) is 0.522. The molecule has 0 aliphatic carbocycles. The molecule has 8 heteroatoms. The number of nitrogens with one attached hydrogen (secondary N) is 1. The van der Waals surface area contributed by atoms with E-state index in [1.807, 2.05) is 0 Å². The average molecular weight is 340 g/mol. The monoisotopic (exact) mass is 339 g/mol. The molecule has 0 aliphatic rings. The number of sulfonamides is 1. The van der Waals surface area contributed by atoms with E-state index in [0.29, 0.717) is 11.4 Å². The Bertz CT molecular complexity index is 603. The summed E-state index contributed by atoms with van der Waals surface area (Å²) in [5, 5.41) is 9.36. The SMILES string of the molecule is CC[C@H](C)[C@H](NS(=O)(=O)c1ccc(Cl)cc1Cl)C(=O)O. The molecule has 0 bridgehead atoms. The Morgan fingerprint density at radius 3 is 2.45 bits per heavy atom. The van der Waals surface area contributed by atoms with E-state index in [9.17, 15) is 13.2 Å². The van der Waals surface area contributed by atoms with Crippen LogP contribution in [0.2, 0.25) is 10.0 Å². The van der Waals surface area contributed by atoms with Gasteiger partial charge in [-0.05, 0) is 24.1 Å². The molecule has 20 heavy (non-hydrogen) atoms. The highest BCUT2D eigenvalue weighted by atomic mass is 35.5. The van der Waals surface area contributed by atoms with Crippen LogP contribution in [0.25, 0.3) is 0 Å². The summed E-state index contributed by atoms with van der Waals surface area (Å²) in [5.41, 5.74) is 0. The molecule has 112 valence electrons. The maximum absolute atomic E-state index is 12.2. The zero-order chi connectivity index (χ0) is 15.5. The van der Waals surface area contributed by atoms with Gasteiger partial charge in [-0.15, -0.1) is 0 Å². The molecule has 1 aromatic rings. The predicted molar refractivity (Wildman–Crippen MR) is 77.7 cm³/mol. The van der Waals surface area contributed by atoms with E-state index < -0.39 is 22.0 Å². The van der Waals surface area contributed by atoms with Gasteiger partial charge in [0, 0.05) is 5.02 Å². The second kappa shape index (κ2) is 6.76. The van der Waals surface area contributed by atoms with E-state index in [-0.39, 0.29) is 15.8 Å². The van der Waals surface area contributed by atoms with Crippen LogP contribution in [0.15, 0.2) is 23.1 Å². The van der Waals surface area contributed by atoms with Crippen LogP contribution in [0.4, 0.5) is 0 Å². The molecule has 0 saturated carbocycles. The molecular weight excluding hydrogens is 325 g/mol. The minimum atomic E-state index is -4.03. The fraction of sp³-hybridized carbons (Fsp3) is 0.417. The van der Waals surface area contributed by atoms with Crippen LogP contribution in [-0.2, 0) is 14.8 Å². The predicted octanol–water partition coefficient (Wildman–Crippen LogP) is 2.77. The lowest BCUT2D eigenvalue weighted by molar-refractivity contribution is -0.140. The third-order valence-electron chi connectivity index (χ3n) is 2.94. The van der Waals surface area contributed by atoms with Gasteiger partial charge in [-0.2, -0.15) is 4.72 Å². The Kier molecular flexibility index (Phi) is 5.82. The molecular formula is C12H15Cl2NO4S. The largest absolute Gasteiger partial charge is 0.480 e. The van der Waals surface area contributed by atoms with Gasteiger partial charge in [0.25, 0.3) is 0 Å². The van der Waals surface area contributed by atoms with Crippen LogP contribution in [0.5, 0.6) is 0 Å². The van der Waals surface area contributed by atoms with Crippen molar-refractivity contribution in [1.29, 1.82) is 0 Å². The lowest BCUT2D eigenvalue weighted by Gasteiger charge is -2.20. The standard InChI is InChI=1S/C12H15Cl2NO4S/c1-3-7(2)11(12(16)17)15-20(18,19)10-5-4-8(13)6-9(10)14/h4-7,11,15H,3H2,1-2H3,(H,16,17)/t7-,11-/m0/s1. The number of carbonyl (C=O) groups is 1. The highest BCUT2D eigenvalue weighted by molar-refractivity contribution is 7.89. The first-order valence-electron chi connectivity index (χ1n) is 5.89. The lowest BCUT2D eigenvalue weighted by atomic mass is 10.0. The fourth-order valence-corrected chi connectivity index (χ4v) is 3.64. The molecule has 0 spiro atoms. The highest BCUT2D eigenvalue weighted by Crippen LogP contribution is 2.25. The van der Waals surface area contributed by atoms with Crippen molar-refractivity contribution in [3.05, 3.63) is 28.2 Å². The maximum Gasteiger partial charge on any atom is 0.322 e. The van der Waals surface area contributed by atoms with Crippen molar-refractivity contribution in [2.75, 3.05) is 0 Å². The van der Waals surface area contributed by atoms with Gasteiger partial charge in [-0.25, -0.2) is 8.42 Å². The van der Waals surface area contributed by atoms with Crippen molar-refractivity contribution >= 4 is 39.2 Å². The average Bonchev–Trinajstić information content (AvgIpc) is 2.34. The van der Waals surface area contributed by atoms with Crippen molar-refractivity contribution in [2.24, 2.45) is 5.92 Å². The summed E-state index contributed by atoms with van der Waals surface area (Å²) in [6, 6.07) is 2.69. The van der Waals surface area contributed by atoms with Gasteiger partial charge in [-0.3, -0.25) is 4.79 Å². The first-order chi connectivity index (χ1) is 9.19. The molecule has 0 amide bonds. The first-order valence-corrected chi connectivity index (χ1v) is 8.13. The van der Waals surface area contributed by atoms with Gasteiger partial charge in [0.2, 0.25) is 10.0 Å². The molecule has 2 N–H and O–H groups in total. The smallest absolute Gasteiger partial charge is 0.322 e. The van der Waals surface area contributed by atoms with Crippen LogP contribution in [-0.4, -0.2) is 25.5 Å². The molecule has 0 radical (unpaired) electrons. The van der Waals surface area contributed by atoms with Crippen LogP contribution in [0, 0.1) is 5.92 Å². The number of benzene rings is 1. The summed E-state index contributed by atoms with van der Waals surface area (Å²) in [7, 11) is -4.03. The lowest BCUT2D eigenvalue weighted by Crippen LogP contribution is -2.44. The summed E-state index contributed by atoms with van der Waals surface area (Å²) < 4.78 is 26.6. The number of hydrogen-bond acceptors (Lipinski definition) is 3. The van der Waals surface area contributed by atoms with E-state index >= 15 is 0 Å². The summed E-state index contributed by atoms with van der Waals surface area (Å²) >= 11 is 11.5. The van der Waals surface area contributed by atoms with Gasteiger partial charge in [0.15, 0.2) is 0 Å². The molecule has 0 aromatic heterocycles. The van der Waals surface area contributed by atoms with E-state index in [0.717, 1.165) is 0 Å². The normalized spacial score (nSPS) is 14.8. The molecule has 0 unspecified atom stereocenters. The minimum Gasteiger partial charge on any atom is -0.480 e. The molecule has 0 fully saturated rings. The Morgan fingerprint density at radius 2 is 2.00 bits per heavy atom. The second-order valence-electron chi connectivity index (χ2n) is 4.40. The van der Waals surface area contributed by atoms with Gasteiger partial charge in [0.1, 0.15) is 10.9 Å². The Hall–Kier alpha value is -0.820. The number of hydrogen-bond donors (Lipinski definition) is 2. The Balaban J connectivity index is 3.13. The van der Waals surface area contributed by atoms with Crippen molar-refractivity contribution in [2.45, 2.75) is 31.2 Å². The topological polar surface area (TPSA) is 83.5 Å². The van der Waals surface area contributed by atoms with Crippen LogP contribution in [0.1, 0.15) is 20.3 Å². The third-order valence-corrected chi connectivity index (χ3v) is 5.10. The summed E-state index contributed by atoms with van der Waals surface area (Å²) in [5.74, 6) is -1.58. The zero-order valence-corrected chi connectivity index (χ0v) is 13.3. The quantitative estimate of drug-likeness (QED) is 0.834. The van der Waals surface area contributed by atoms with E-state index in [4.69, 9.17) is 28.3 Å². The van der Waals surface area contributed by atoms with Gasteiger partial charge < -0.3 is 5.11 Å². The van der Waals surface area contributed by atoms with Gasteiger partial charge in [-0.1, -0.05) is 43.5 Å². The van der Waals surface area contributed by atoms with Crippen LogP contribution >= 0.6 is 23.2 Å². The maximum atomic E-state index is 12.2. The molecule has 0 saturated heterocycles.